The van der Waals surface area contributed by atoms with Crippen molar-refractivity contribution < 1.29 is 9.90 Å². The van der Waals surface area contributed by atoms with Crippen molar-refractivity contribution >= 4 is 11.8 Å². The van der Waals surface area contributed by atoms with Crippen molar-refractivity contribution in [3.8, 4) is 0 Å². The van der Waals surface area contributed by atoms with Gasteiger partial charge in [0.1, 0.15) is 0 Å². The number of hydrogen-bond acceptors (Lipinski definition) is 4. The van der Waals surface area contributed by atoms with Crippen molar-refractivity contribution in [2.24, 2.45) is 5.92 Å². The lowest BCUT2D eigenvalue weighted by Crippen LogP contribution is -2.34. The number of rotatable bonds is 5. The molecule has 1 heterocycles. The summed E-state index contributed by atoms with van der Waals surface area (Å²) < 4.78 is 0. The molecule has 0 radical (unpaired) electrons. The Bertz CT molecular complexity index is 404. The van der Waals surface area contributed by atoms with Crippen molar-refractivity contribution in [2.45, 2.75) is 26.2 Å². The normalized spacial score (nSPS) is 15.4. The Morgan fingerprint density at radius 2 is 2.18 bits per heavy atom. The number of carboxylic acid groups (broad SMARTS) is 1. The maximum absolute atomic E-state index is 11.1. The van der Waals surface area contributed by atoms with E-state index in [0.29, 0.717) is 11.7 Å². The Morgan fingerprint density at radius 3 is 2.71 bits per heavy atom. The van der Waals surface area contributed by atoms with Crippen molar-refractivity contribution in [1.29, 1.82) is 0 Å². The molecule has 0 aliphatic heterocycles. The third-order valence-corrected chi connectivity index (χ3v) is 3.27. The molecule has 1 saturated carbocycles. The molecular formula is C12H17N3O2. The lowest BCUT2D eigenvalue weighted by Gasteiger charge is -2.32. The predicted molar refractivity (Wildman–Crippen MR) is 64.2 cm³/mol. The van der Waals surface area contributed by atoms with Gasteiger partial charge in [0.25, 0.3) is 0 Å². The fraction of sp³-hybridized carbons (Fsp3) is 0.583. The zero-order valence-corrected chi connectivity index (χ0v) is 9.96. The average molecular weight is 235 g/mol. The summed E-state index contributed by atoms with van der Waals surface area (Å²) in [6.45, 7) is 3.66. The number of carboxylic acids is 1. The number of hydrogen-bond donors (Lipinski definition) is 1. The van der Waals surface area contributed by atoms with Crippen LogP contribution in [0.2, 0.25) is 0 Å². The van der Waals surface area contributed by atoms with E-state index < -0.39 is 5.97 Å². The zero-order chi connectivity index (χ0) is 12.3. The molecule has 92 valence electrons. The second kappa shape index (κ2) is 5.12. The fourth-order valence-electron chi connectivity index (χ4n) is 2.07. The molecule has 0 amide bonds. The highest BCUT2D eigenvalue weighted by Gasteiger charge is 2.24. The van der Waals surface area contributed by atoms with E-state index in [0.717, 1.165) is 13.1 Å². The molecule has 0 saturated heterocycles. The van der Waals surface area contributed by atoms with Gasteiger partial charge in [-0.3, -0.25) is 0 Å². The lowest BCUT2D eigenvalue weighted by atomic mass is 9.85. The summed E-state index contributed by atoms with van der Waals surface area (Å²) in [6.07, 6.45) is 6.72. The molecule has 0 atom stereocenters. The topological polar surface area (TPSA) is 66.3 Å². The molecule has 0 bridgehead atoms. The predicted octanol–water partition coefficient (Wildman–Crippen LogP) is 1.80. The Hall–Kier alpha value is -1.65. The van der Waals surface area contributed by atoms with Gasteiger partial charge in [-0.25, -0.2) is 14.8 Å². The summed E-state index contributed by atoms with van der Waals surface area (Å²) >= 11 is 0. The van der Waals surface area contributed by atoms with E-state index in [1.165, 1.54) is 25.5 Å². The summed E-state index contributed by atoms with van der Waals surface area (Å²) in [5.41, 5.74) is 0.0497. The monoisotopic (exact) mass is 235 g/mol. The molecular weight excluding hydrogens is 218 g/mol. The standard InChI is InChI=1S/C12H17N3O2/c1-2-15(8-9-4-3-5-9)11-10(12(16)17)13-6-7-14-11/h6-7,9H,2-5,8H2,1H3,(H,16,17). The highest BCUT2D eigenvalue weighted by molar-refractivity contribution is 5.90. The highest BCUT2D eigenvalue weighted by atomic mass is 16.4. The van der Waals surface area contributed by atoms with Crippen LogP contribution in [0.1, 0.15) is 36.7 Å². The minimum Gasteiger partial charge on any atom is -0.476 e. The maximum Gasteiger partial charge on any atom is 0.358 e. The van der Waals surface area contributed by atoms with Crippen molar-refractivity contribution in [2.75, 3.05) is 18.0 Å². The summed E-state index contributed by atoms with van der Waals surface area (Å²) in [7, 11) is 0. The van der Waals surface area contributed by atoms with Crippen molar-refractivity contribution in [1.82, 2.24) is 9.97 Å². The first kappa shape index (κ1) is 11.8. The van der Waals surface area contributed by atoms with Crippen LogP contribution in [0.25, 0.3) is 0 Å². The average Bonchev–Trinajstić information content (AvgIpc) is 2.28. The summed E-state index contributed by atoms with van der Waals surface area (Å²) in [4.78, 5) is 21.2. The van der Waals surface area contributed by atoms with Crippen molar-refractivity contribution in [3.63, 3.8) is 0 Å². The number of nitrogens with zero attached hydrogens (tertiary/aromatic N) is 3. The van der Waals surface area contributed by atoms with E-state index in [1.807, 2.05) is 11.8 Å². The Balaban J connectivity index is 2.19. The first-order valence-electron chi connectivity index (χ1n) is 6.01. The van der Waals surface area contributed by atoms with E-state index in [9.17, 15) is 4.79 Å². The van der Waals surface area contributed by atoms with Gasteiger partial charge in [-0.15, -0.1) is 0 Å². The van der Waals surface area contributed by atoms with E-state index in [4.69, 9.17) is 5.11 Å². The third-order valence-electron chi connectivity index (χ3n) is 3.27. The van der Waals surface area contributed by atoms with Crippen LogP contribution < -0.4 is 4.90 Å². The van der Waals surface area contributed by atoms with Crippen LogP contribution in [-0.2, 0) is 0 Å². The van der Waals surface area contributed by atoms with Crippen LogP contribution in [0.4, 0.5) is 5.82 Å². The first-order chi connectivity index (χ1) is 8.22. The molecule has 0 spiro atoms. The third kappa shape index (κ3) is 2.54. The maximum atomic E-state index is 11.1. The molecule has 1 fully saturated rings. The van der Waals surface area contributed by atoms with Crippen LogP contribution in [0.15, 0.2) is 12.4 Å². The lowest BCUT2D eigenvalue weighted by molar-refractivity contribution is 0.0690. The van der Waals surface area contributed by atoms with E-state index >= 15 is 0 Å². The molecule has 17 heavy (non-hydrogen) atoms. The van der Waals surface area contributed by atoms with Gasteiger partial charge in [0.15, 0.2) is 11.5 Å². The summed E-state index contributed by atoms with van der Waals surface area (Å²) in [6, 6.07) is 0. The number of anilines is 1. The largest absolute Gasteiger partial charge is 0.476 e. The van der Waals surface area contributed by atoms with Gasteiger partial charge in [-0.2, -0.15) is 0 Å². The van der Waals surface area contributed by atoms with Gasteiger partial charge < -0.3 is 10.0 Å². The zero-order valence-electron chi connectivity index (χ0n) is 9.96. The number of aromatic carboxylic acids is 1. The van der Waals surface area contributed by atoms with Gasteiger partial charge in [-0.1, -0.05) is 6.42 Å². The minimum atomic E-state index is -1.01. The van der Waals surface area contributed by atoms with Gasteiger partial charge >= 0.3 is 5.97 Å². The molecule has 1 N–H and O–H groups in total. The van der Waals surface area contributed by atoms with Crippen LogP contribution in [-0.4, -0.2) is 34.1 Å². The molecule has 5 heteroatoms. The van der Waals surface area contributed by atoms with Gasteiger partial charge in [0.05, 0.1) is 0 Å². The molecule has 1 aliphatic rings. The smallest absolute Gasteiger partial charge is 0.358 e. The van der Waals surface area contributed by atoms with Gasteiger partial charge in [-0.05, 0) is 25.7 Å². The highest BCUT2D eigenvalue weighted by Crippen LogP contribution is 2.28. The van der Waals surface area contributed by atoms with Crippen LogP contribution in [0.3, 0.4) is 0 Å². The Labute approximate surface area is 100 Å². The van der Waals surface area contributed by atoms with Crippen molar-refractivity contribution in [3.05, 3.63) is 18.1 Å². The van der Waals surface area contributed by atoms with Gasteiger partial charge in [0.2, 0.25) is 0 Å². The van der Waals surface area contributed by atoms with Crippen LogP contribution in [0, 0.1) is 5.92 Å². The molecule has 1 aromatic rings. The minimum absolute atomic E-state index is 0.0497. The molecule has 1 aromatic heterocycles. The fourth-order valence-corrected chi connectivity index (χ4v) is 2.07. The van der Waals surface area contributed by atoms with E-state index in [2.05, 4.69) is 9.97 Å². The molecule has 1 aliphatic carbocycles. The second-order valence-electron chi connectivity index (χ2n) is 4.37. The van der Waals surface area contributed by atoms with Gasteiger partial charge in [0, 0.05) is 25.5 Å². The van der Waals surface area contributed by atoms with E-state index in [1.54, 1.807) is 6.20 Å². The quantitative estimate of drug-likeness (QED) is 0.843. The number of carbonyl (C=O) groups is 1. The van der Waals surface area contributed by atoms with Crippen LogP contribution in [0.5, 0.6) is 0 Å². The number of aromatic nitrogens is 2. The Morgan fingerprint density at radius 1 is 1.47 bits per heavy atom. The summed E-state index contributed by atoms with van der Waals surface area (Å²) in [5, 5.41) is 9.09. The summed E-state index contributed by atoms with van der Waals surface area (Å²) in [5.74, 6) is 0.160. The van der Waals surface area contributed by atoms with Crippen LogP contribution >= 0.6 is 0 Å². The molecule has 2 rings (SSSR count). The molecule has 0 aromatic carbocycles. The Kier molecular flexibility index (Phi) is 3.56. The SMILES string of the molecule is CCN(CC1CCC1)c1nccnc1C(=O)O. The molecule has 0 unspecified atom stereocenters. The molecule has 5 nitrogen and oxygen atoms in total. The second-order valence-corrected chi connectivity index (χ2v) is 4.37. The first-order valence-corrected chi connectivity index (χ1v) is 6.01. The van der Waals surface area contributed by atoms with E-state index in [-0.39, 0.29) is 5.69 Å².